The van der Waals surface area contributed by atoms with Gasteiger partial charge in [-0.2, -0.15) is 5.10 Å². The van der Waals surface area contributed by atoms with E-state index in [9.17, 15) is 0 Å². The van der Waals surface area contributed by atoms with E-state index in [1.165, 1.54) is 44.2 Å². The van der Waals surface area contributed by atoms with E-state index in [0.29, 0.717) is 11.5 Å². The standard InChI is InChI=1S/C17H27N3/c1-20-15(4-5-19-20)2-3-16(18)17-9-12-6-13(10-17)8-14(7-12)11-17/h4-5,12-14,16H,2-3,6-11,18H2,1H3. The summed E-state index contributed by atoms with van der Waals surface area (Å²) in [6.45, 7) is 0. The minimum Gasteiger partial charge on any atom is -0.327 e. The zero-order valence-electron chi connectivity index (χ0n) is 12.6. The van der Waals surface area contributed by atoms with Gasteiger partial charge in [-0.05, 0) is 80.6 Å². The molecule has 0 aliphatic heterocycles. The van der Waals surface area contributed by atoms with Crippen molar-refractivity contribution in [3.63, 3.8) is 0 Å². The number of nitrogens with zero attached hydrogens (tertiary/aromatic N) is 2. The Morgan fingerprint density at radius 2 is 1.85 bits per heavy atom. The molecule has 4 bridgehead atoms. The predicted octanol–water partition coefficient (Wildman–Crippen LogP) is 2.90. The van der Waals surface area contributed by atoms with Crippen molar-refractivity contribution in [2.45, 2.75) is 57.4 Å². The van der Waals surface area contributed by atoms with Crippen molar-refractivity contribution in [1.82, 2.24) is 9.78 Å². The van der Waals surface area contributed by atoms with Crippen LogP contribution in [0.5, 0.6) is 0 Å². The zero-order valence-corrected chi connectivity index (χ0v) is 12.6. The maximum atomic E-state index is 6.71. The van der Waals surface area contributed by atoms with Gasteiger partial charge in [0.05, 0.1) is 0 Å². The molecule has 1 aromatic rings. The summed E-state index contributed by atoms with van der Waals surface area (Å²) in [5.74, 6) is 3.01. The second-order valence-corrected chi connectivity index (χ2v) is 7.87. The Labute approximate surface area is 121 Å². The lowest BCUT2D eigenvalue weighted by molar-refractivity contribution is -0.0681. The van der Waals surface area contributed by atoms with Crippen LogP contribution in [0.2, 0.25) is 0 Å². The van der Waals surface area contributed by atoms with Crippen LogP contribution in [0, 0.1) is 23.2 Å². The van der Waals surface area contributed by atoms with Gasteiger partial charge >= 0.3 is 0 Å². The van der Waals surface area contributed by atoms with Crippen LogP contribution in [0.1, 0.15) is 50.6 Å². The Bertz CT molecular complexity index is 455. The maximum Gasteiger partial charge on any atom is 0.0492 e. The Kier molecular flexibility index (Phi) is 2.95. The Hall–Kier alpha value is -0.830. The summed E-state index contributed by atoms with van der Waals surface area (Å²) < 4.78 is 1.99. The van der Waals surface area contributed by atoms with Crippen LogP contribution in [0.25, 0.3) is 0 Å². The monoisotopic (exact) mass is 273 g/mol. The fourth-order valence-electron chi connectivity index (χ4n) is 5.89. The first-order chi connectivity index (χ1) is 9.64. The second kappa shape index (κ2) is 4.59. The molecule has 1 aromatic heterocycles. The third-order valence-electron chi connectivity index (χ3n) is 6.51. The molecule has 3 heteroatoms. The molecule has 1 unspecified atom stereocenters. The van der Waals surface area contributed by atoms with Gasteiger partial charge in [0.15, 0.2) is 0 Å². The molecule has 5 rings (SSSR count). The Balaban J connectivity index is 1.45. The smallest absolute Gasteiger partial charge is 0.0492 e. The molecule has 4 aliphatic rings. The van der Waals surface area contributed by atoms with Gasteiger partial charge in [-0.25, -0.2) is 0 Å². The lowest BCUT2D eigenvalue weighted by atomic mass is 9.47. The first kappa shape index (κ1) is 12.9. The lowest BCUT2D eigenvalue weighted by Gasteiger charge is -2.59. The maximum absolute atomic E-state index is 6.71. The average molecular weight is 273 g/mol. The van der Waals surface area contributed by atoms with Crippen LogP contribution in [-0.4, -0.2) is 15.8 Å². The van der Waals surface area contributed by atoms with E-state index in [1.807, 2.05) is 17.9 Å². The molecule has 0 amide bonds. The first-order valence-corrected chi connectivity index (χ1v) is 8.37. The molecule has 0 spiro atoms. The fourth-order valence-corrected chi connectivity index (χ4v) is 5.89. The van der Waals surface area contributed by atoms with E-state index in [2.05, 4.69) is 11.2 Å². The van der Waals surface area contributed by atoms with Gasteiger partial charge in [0.25, 0.3) is 0 Å². The quantitative estimate of drug-likeness (QED) is 0.916. The minimum atomic E-state index is 0.394. The molecule has 1 atom stereocenters. The van der Waals surface area contributed by atoms with Gasteiger partial charge in [-0.15, -0.1) is 0 Å². The van der Waals surface area contributed by atoms with Crippen molar-refractivity contribution in [3.8, 4) is 0 Å². The molecule has 110 valence electrons. The SMILES string of the molecule is Cn1nccc1CCC(N)C12CC3CC(CC(C3)C1)C2. The lowest BCUT2D eigenvalue weighted by Crippen LogP contribution is -2.54. The van der Waals surface area contributed by atoms with Crippen molar-refractivity contribution in [3.05, 3.63) is 18.0 Å². The normalized spacial score (nSPS) is 40.2. The molecule has 0 aromatic carbocycles. The summed E-state index contributed by atoms with van der Waals surface area (Å²) in [5.41, 5.74) is 8.53. The van der Waals surface area contributed by atoms with Gasteiger partial charge in [0, 0.05) is 25.0 Å². The largest absolute Gasteiger partial charge is 0.327 e. The molecule has 0 saturated heterocycles. The highest BCUT2D eigenvalue weighted by Gasteiger charge is 2.53. The van der Waals surface area contributed by atoms with Crippen molar-refractivity contribution in [2.24, 2.45) is 36.0 Å². The number of hydrogen-bond acceptors (Lipinski definition) is 2. The summed E-state index contributed by atoms with van der Waals surface area (Å²) in [6.07, 6.45) is 12.9. The van der Waals surface area contributed by atoms with Crippen molar-refractivity contribution >= 4 is 0 Å². The van der Waals surface area contributed by atoms with E-state index >= 15 is 0 Å². The fraction of sp³-hybridized carbons (Fsp3) is 0.824. The average Bonchev–Trinajstić information content (AvgIpc) is 2.80. The zero-order chi connectivity index (χ0) is 13.7. The van der Waals surface area contributed by atoms with Gasteiger partial charge in [0.1, 0.15) is 0 Å². The van der Waals surface area contributed by atoms with Crippen LogP contribution in [0.15, 0.2) is 12.3 Å². The van der Waals surface area contributed by atoms with Gasteiger partial charge in [0.2, 0.25) is 0 Å². The minimum absolute atomic E-state index is 0.394. The van der Waals surface area contributed by atoms with Crippen molar-refractivity contribution in [1.29, 1.82) is 0 Å². The van der Waals surface area contributed by atoms with Gasteiger partial charge in [-0.3, -0.25) is 4.68 Å². The van der Waals surface area contributed by atoms with E-state index in [0.717, 1.165) is 30.6 Å². The number of aromatic nitrogens is 2. The first-order valence-electron chi connectivity index (χ1n) is 8.37. The molecule has 4 aliphatic carbocycles. The summed E-state index contributed by atoms with van der Waals surface area (Å²) >= 11 is 0. The summed E-state index contributed by atoms with van der Waals surface area (Å²) in [7, 11) is 2.03. The van der Waals surface area contributed by atoms with E-state index in [-0.39, 0.29) is 0 Å². The molecular formula is C17H27N3. The number of aryl methyl sites for hydroxylation is 2. The van der Waals surface area contributed by atoms with E-state index < -0.39 is 0 Å². The van der Waals surface area contributed by atoms with Crippen LogP contribution in [0.4, 0.5) is 0 Å². The molecule has 4 saturated carbocycles. The van der Waals surface area contributed by atoms with Crippen LogP contribution >= 0.6 is 0 Å². The molecule has 3 nitrogen and oxygen atoms in total. The third kappa shape index (κ3) is 2.02. The number of rotatable bonds is 4. The number of hydrogen-bond donors (Lipinski definition) is 1. The van der Waals surface area contributed by atoms with Crippen LogP contribution in [-0.2, 0) is 13.5 Å². The molecule has 4 fully saturated rings. The van der Waals surface area contributed by atoms with E-state index in [1.54, 1.807) is 0 Å². The number of nitrogens with two attached hydrogens (primary N) is 1. The molecular weight excluding hydrogens is 246 g/mol. The van der Waals surface area contributed by atoms with Crippen LogP contribution < -0.4 is 5.73 Å². The molecule has 0 radical (unpaired) electrons. The van der Waals surface area contributed by atoms with Gasteiger partial charge < -0.3 is 5.73 Å². The Morgan fingerprint density at radius 1 is 1.25 bits per heavy atom. The highest BCUT2D eigenvalue weighted by Crippen LogP contribution is 2.61. The molecule has 20 heavy (non-hydrogen) atoms. The molecule has 2 N–H and O–H groups in total. The van der Waals surface area contributed by atoms with Gasteiger partial charge in [-0.1, -0.05) is 0 Å². The summed E-state index contributed by atoms with van der Waals surface area (Å²) in [6, 6.07) is 2.53. The predicted molar refractivity (Wildman–Crippen MR) is 80.1 cm³/mol. The van der Waals surface area contributed by atoms with Crippen molar-refractivity contribution in [2.75, 3.05) is 0 Å². The van der Waals surface area contributed by atoms with Crippen LogP contribution in [0.3, 0.4) is 0 Å². The topological polar surface area (TPSA) is 43.8 Å². The highest BCUT2D eigenvalue weighted by molar-refractivity contribution is 5.07. The summed E-state index contributed by atoms with van der Waals surface area (Å²) in [4.78, 5) is 0. The Morgan fingerprint density at radius 3 is 2.35 bits per heavy atom. The molecule has 1 heterocycles. The van der Waals surface area contributed by atoms with Crippen molar-refractivity contribution < 1.29 is 0 Å². The third-order valence-corrected chi connectivity index (χ3v) is 6.51. The second-order valence-electron chi connectivity index (χ2n) is 7.87. The highest BCUT2D eigenvalue weighted by atomic mass is 15.2. The van der Waals surface area contributed by atoms with E-state index in [4.69, 9.17) is 5.73 Å². The summed E-state index contributed by atoms with van der Waals surface area (Å²) in [5, 5.41) is 4.26.